The van der Waals surface area contributed by atoms with Crippen molar-refractivity contribution in [3.05, 3.63) is 12.2 Å². The molecule has 0 fully saturated rings. The van der Waals surface area contributed by atoms with Crippen molar-refractivity contribution in [3.8, 4) is 0 Å². The van der Waals surface area contributed by atoms with Crippen LogP contribution in [-0.4, -0.2) is 47.9 Å². The van der Waals surface area contributed by atoms with Crippen LogP contribution in [0.3, 0.4) is 0 Å². The van der Waals surface area contributed by atoms with E-state index in [0.29, 0.717) is 6.92 Å². The van der Waals surface area contributed by atoms with Gasteiger partial charge < -0.3 is 4.74 Å². The summed E-state index contributed by atoms with van der Waals surface area (Å²) < 4.78 is 194. The van der Waals surface area contributed by atoms with Crippen molar-refractivity contribution in [2.24, 2.45) is 0 Å². The van der Waals surface area contributed by atoms with Gasteiger partial charge in [0.2, 0.25) is 0 Å². The molecule has 0 saturated heterocycles. The fourth-order valence-corrected chi connectivity index (χ4v) is 1.38. The number of carbonyl (C=O) groups is 1. The van der Waals surface area contributed by atoms with Crippen LogP contribution < -0.4 is 0 Å². The van der Waals surface area contributed by atoms with Gasteiger partial charge in [0.25, 0.3) is 0 Å². The molecule has 0 aliphatic heterocycles. The lowest BCUT2D eigenvalue weighted by molar-refractivity contribution is -0.471. The zero-order valence-corrected chi connectivity index (χ0v) is 12.7. The highest BCUT2D eigenvalue weighted by atomic mass is 19.4. The van der Waals surface area contributed by atoms with Crippen molar-refractivity contribution in [3.63, 3.8) is 0 Å². The molecule has 0 rings (SSSR count). The van der Waals surface area contributed by atoms with E-state index in [1.807, 2.05) is 0 Å². The largest absolute Gasteiger partial charge is 0.473 e. The first-order valence-electron chi connectivity index (χ1n) is 6.05. The lowest BCUT2D eigenvalue weighted by Crippen LogP contribution is -2.75. The molecule has 0 aromatic heterocycles. The summed E-state index contributed by atoms with van der Waals surface area (Å²) >= 11 is 0. The third-order valence-corrected chi connectivity index (χ3v) is 2.94. The Morgan fingerprint density at radius 1 is 0.643 bits per heavy atom. The molecule has 0 aromatic carbocycles. The third kappa shape index (κ3) is 3.46. The van der Waals surface area contributed by atoms with Crippen LogP contribution in [-0.2, 0) is 9.53 Å². The first-order valence-corrected chi connectivity index (χ1v) is 6.05. The zero-order valence-electron chi connectivity index (χ0n) is 12.7. The Morgan fingerprint density at radius 3 is 1.21 bits per heavy atom. The molecule has 0 spiro atoms. The molecule has 0 radical (unpaired) electrons. The van der Waals surface area contributed by atoms with E-state index in [1.54, 1.807) is 0 Å². The van der Waals surface area contributed by atoms with Gasteiger partial charge in [0.1, 0.15) is 0 Å². The van der Waals surface area contributed by atoms with Crippen LogP contribution in [0.2, 0.25) is 0 Å². The molecule has 0 atom stereocenters. The number of hydrogen-bond donors (Lipinski definition) is 0. The minimum absolute atomic E-state index is 0.434. The van der Waals surface area contributed by atoms with Gasteiger partial charge in [0.05, 0.1) is 0 Å². The molecule has 2 nitrogen and oxygen atoms in total. The fraction of sp³-hybridized carbons (Fsp3) is 0.727. The van der Waals surface area contributed by atoms with Crippen molar-refractivity contribution in [2.45, 2.75) is 48.8 Å². The maximum atomic E-state index is 13.2. The average Bonchev–Trinajstić information content (AvgIpc) is 2.42. The summed E-state index contributed by atoms with van der Waals surface area (Å²) in [5, 5.41) is 0. The Hall–Kier alpha value is -1.84. The van der Waals surface area contributed by atoms with Gasteiger partial charge in [-0.1, -0.05) is 6.58 Å². The fourth-order valence-electron chi connectivity index (χ4n) is 1.38. The second-order valence-electron chi connectivity index (χ2n) is 5.06. The van der Waals surface area contributed by atoms with Crippen molar-refractivity contribution in [1.82, 2.24) is 0 Å². The van der Waals surface area contributed by atoms with Gasteiger partial charge in [-0.15, -0.1) is 0 Å². The standard InChI is InChI=1S/C11H5F15O2/c1-3(2)4(27)28-11(25,26)8(17,18)7(15,16)6(13,14)5(12,9(19,20)21)10(22,23)24/h1H2,2H3. The molecular formula is C11H5F15O2. The zero-order chi connectivity index (χ0) is 23.4. The predicted octanol–water partition coefficient (Wildman–Crippen LogP) is 5.44. The molecule has 0 aliphatic rings. The minimum Gasteiger partial charge on any atom is -0.393 e. The first-order chi connectivity index (χ1) is 11.8. The second-order valence-corrected chi connectivity index (χ2v) is 5.06. The molecule has 0 heterocycles. The Labute approximate surface area is 143 Å². The molecule has 0 unspecified atom stereocenters. The molecular weight excluding hydrogens is 449 g/mol. The third-order valence-electron chi connectivity index (χ3n) is 2.94. The maximum Gasteiger partial charge on any atom is 0.473 e. The number of halogens is 15. The maximum absolute atomic E-state index is 13.2. The first kappa shape index (κ1) is 26.2. The Kier molecular flexibility index (Phi) is 6.17. The number of rotatable bonds is 6. The molecule has 0 aromatic rings. The summed E-state index contributed by atoms with van der Waals surface area (Å²) in [7, 11) is 0. The Morgan fingerprint density at radius 2 is 0.964 bits per heavy atom. The highest BCUT2D eigenvalue weighted by molar-refractivity contribution is 5.87. The topological polar surface area (TPSA) is 26.3 Å². The van der Waals surface area contributed by atoms with Gasteiger partial charge in [-0.25, -0.2) is 9.18 Å². The van der Waals surface area contributed by atoms with E-state index in [4.69, 9.17) is 0 Å². The van der Waals surface area contributed by atoms with E-state index in [0.717, 1.165) is 0 Å². The van der Waals surface area contributed by atoms with Crippen LogP contribution in [0.1, 0.15) is 6.92 Å². The Bertz CT molecular complexity index is 613. The predicted molar refractivity (Wildman–Crippen MR) is 56.6 cm³/mol. The molecule has 28 heavy (non-hydrogen) atoms. The van der Waals surface area contributed by atoms with Crippen LogP contribution in [0.5, 0.6) is 0 Å². The van der Waals surface area contributed by atoms with Gasteiger partial charge >= 0.3 is 47.9 Å². The van der Waals surface area contributed by atoms with Crippen LogP contribution in [0.25, 0.3) is 0 Å². The minimum atomic E-state index is -8.56. The van der Waals surface area contributed by atoms with Crippen molar-refractivity contribution >= 4 is 5.97 Å². The van der Waals surface area contributed by atoms with Crippen LogP contribution in [0.15, 0.2) is 12.2 Å². The van der Waals surface area contributed by atoms with Gasteiger partial charge in [0, 0.05) is 5.57 Å². The smallest absolute Gasteiger partial charge is 0.393 e. The average molecular weight is 454 g/mol. The van der Waals surface area contributed by atoms with Gasteiger partial charge in [-0.2, -0.15) is 61.5 Å². The second kappa shape index (κ2) is 6.60. The van der Waals surface area contributed by atoms with E-state index in [-0.39, 0.29) is 0 Å². The number of hydrogen-bond acceptors (Lipinski definition) is 2. The highest BCUT2D eigenvalue weighted by Crippen LogP contribution is 2.63. The normalized spacial score (nSPS) is 15.4. The van der Waals surface area contributed by atoms with Gasteiger partial charge in [-0.3, -0.25) is 0 Å². The molecule has 17 heteroatoms. The monoisotopic (exact) mass is 454 g/mol. The van der Waals surface area contributed by atoms with E-state index in [1.165, 1.54) is 0 Å². The number of carbonyl (C=O) groups excluding carboxylic acids is 1. The number of ether oxygens (including phenoxy) is 1. The Balaban J connectivity index is 6.68. The molecule has 0 bridgehead atoms. The van der Waals surface area contributed by atoms with Crippen LogP contribution in [0, 0.1) is 0 Å². The van der Waals surface area contributed by atoms with Crippen LogP contribution in [0.4, 0.5) is 65.9 Å². The molecule has 0 amide bonds. The summed E-state index contributed by atoms with van der Waals surface area (Å²) in [5.41, 5.74) is -9.63. The summed E-state index contributed by atoms with van der Waals surface area (Å²) in [5.74, 6) is -27.6. The summed E-state index contributed by atoms with van der Waals surface area (Å²) in [4.78, 5) is 10.7. The number of alkyl halides is 15. The van der Waals surface area contributed by atoms with Gasteiger partial charge in [0.15, 0.2) is 0 Å². The van der Waals surface area contributed by atoms with Crippen LogP contribution >= 0.6 is 0 Å². The molecule has 0 aliphatic carbocycles. The van der Waals surface area contributed by atoms with Crippen molar-refractivity contribution in [2.75, 3.05) is 0 Å². The molecule has 0 N–H and O–H groups in total. The SMILES string of the molecule is C=C(C)C(=O)OC(F)(F)C(F)(F)C(F)(F)C(F)(F)C(F)(C(F)(F)F)C(F)(F)F. The van der Waals surface area contributed by atoms with Gasteiger partial charge in [-0.05, 0) is 6.92 Å². The number of esters is 1. The molecule has 0 saturated carbocycles. The lowest BCUT2D eigenvalue weighted by Gasteiger charge is -2.42. The highest BCUT2D eigenvalue weighted by Gasteiger charge is 2.96. The van der Waals surface area contributed by atoms with E-state index in [2.05, 4.69) is 11.3 Å². The van der Waals surface area contributed by atoms with E-state index < -0.39 is 53.4 Å². The van der Waals surface area contributed by atoms with E-state index in [9.17, 15) is 70.7 Å². The summed E-state index contributed by atoms with van der Waals surface area (Å²) in [6.45, 7) is 2.92. The van der Waals surface area contributed by atoms with E-state index >= 15 is 0 Å². The quantitative estimate of drug-likeness (QED) is 0.304. The summed E-state index contributed by atoms with van der Waals surface area (Å²) in [6, 6.07) is 0. The molecule has 166 valence electrons. The lowest BCUT2D eigenvalue weighted by atomic mass is 9.87. The summed E-state index contributed by atoms with van der Waals surface area (Å²) in [6.07, 6.45) is -23.1. The van der Waals surface area contributed by atoms with Crippen molar-refractivity contribution < 1.29 is 75.4 Å². The van der Waals surface area contributed by atoms with Crippen molar-refractivity contribution in [1.29, 1.82) is 0 Å².